The number of halogens is 1. The van der Waals surface area contributed by atoms with Gasteiger partial charge in [0.25, 0.3) is 10.0 Å². The molecule has 0 spiro atoms. The number of nitrogens with two attached hydrogens (primary N) is 1. The number of hydrogen-bond donors (Lipinski definition) is 1. The van der Waals surface area contributed by atoms with E-state index in [1.807, 2.05) is 6.92 Å². The van der Waals surface area contributed by atoms with Gasteiger partial charge in [-0.3, -0.25) is 18.6 Å². The zero-order valence-electron chi connectivity index (χ0n) is 21.4. The Morgan fingerprint density at radius 2 is 2.00 bits per heavy atom. The van der Waals surface area contributed by atoms with Crippen molar-refractivity contribution in [2.45, 2.75) is 76.5 Å². The maximum absolute atomic E-state index is 13.9. The number of fused-ring (bicyclic) bond motifs is 1. The number of amides is 1. The van der Waals surface area contributed by atoms with Gasteiger partial charge >= 0.3 is 5.97 Å². The van der Waals surface area contributed by atoms with Gasteiger partial charge in [-0.15, -0.1) is 0 Å². The minimum Gasteiger partial charge on any atom is -0.486 e. The fourth-order valence-corrected chi connectivity index (χ4v) is 6.47. The summed E-state index contributed by atoms with van der Waals surface area (Å²) in [5.41, 5.74) is 5.85. The van der Waals surface area contributed by atoms with Gasteiger partial charge in [-0.2, -0.15) is 5.10 Å². The van der Waals surface area contributed by atoms with Crippen molar-refractivity contribution < 1.29 is 27.5 Å². The summed E-state index contributed by atoms with van der Waals surface area (Å²) in [7, 11) is -4.16. The summed E-state index contributed by atoms with van der Waals surface area (Å²) in [6, 6.07) is 4.94. The third kappa shape index (κ3) is 6.20. The van der Waals surface area contributed by atoms with Crippen LogP contribution in [0.3, 0.4) is 0 Å². The molecule has 1 saturated carbocycles. The molecule has 2 aliphatic rings. The smallest absolute Gasteiger partial charge is 0.310 e. The van der Waals surface area contributed by atoms with Crippen LogP contribution < -0.4 is 14.8 Å². The minimum atomic E-state index is -4.16. The standard InChI is InChI=1S/C25H33ClN4O6S/c1-5-29-14-21(23(26)28-29)37(33,34)30-13-17(12-18(24(27)32)16-7-8-16)35-20-9-6-15(10-19(20)30)11-22(31)36-25(2,3)4/h6,9-10,14,16-18H,5,7-8,11-13H2,1-4H3,(H2,27,32)/t17-,18-/m0/s1. The van der Waals surface area contributed by atoms with Crippen LogP contribution in [0.1, 0.15) is 52.5 Å². The van der Waals surface area contributed by atoms with Crippen molar-refractivity contribution in [2.24, 2.45) is 17.6 Å². The Hall–Kier alpha value is -2.79. The number of rotatable bonds is 9. The molecule has 1 fully saturated rings. The third-order valence-electron chi connectivity index (χ3n) is 6.37. The Morgan fingerprint density at radius 1 is 1.30 bits per heavy atom. The third-order valence-corrected chi connectivity index (χ3v) is 8.55. The number of benzene rings is 1. The molecule has 4 rings (SSSR count). The number of ether oxygens (including phenoxy) is 2. The van der Waals surface area contributed by atoms with Crippen LogP contribution in [0.15, 0.2) is 29.3 Å². The van der Waals surface area contributed by atoms with Crippen molar-refractivity contribution in [2.75, 3.05) is 10.8 Å². The Labute approximate surface area is 222 Å². The molecule has 2 N–H and O–H groups in total. The first-order valence-electron chi connectivity index (χ1n) is 12.3. The van der Waals surface area contributed by atoms with Gasteiger partial charge < -0.3 is 15.2 Å². The first-order valence-corrected chi connectivity index (χ1v) is 14.2. The van der Waals surface area contributed by atoms with Crippen molar-refractivity contribution in [1.82, 2.24) is 9.78 Å². The maximum Gasteiger partial charge on any atom is 0.310 e. The fraction of sp³-hybridized carbons (Fsp3) is 0.560. The van der Waals surface area contributed by atoms with E-state index in [0.717, 1.165) is 12.8 Å². The maximum atomic E-state index is 13.9. The highest BCUT2D eigenvalue weighted by atomic mass is 35.5. The topological polar surface area (TPSA) is 134 Å². The summed E-state index contributed by atoms with van der Waals surface area (Å²) in [5, 5.41) is 3.95. The van der Waals surface area contributed by atoms with Gasteiger partial charge in [-0.05, 0) is 70.6 Å². The zero-order valence-corrected chi connectivity index (χ0v) is 23.0. The lowest BCUT2D eigenvalue weighted by Crippen LogP contribution is -2.45. The number of hydrogen-bond acceptors (Lipinski definition) is 7. The molecule has 37 heavy (non-hydrogen) atoms. The predicted octanol–water partition coefficient (Wildman–Crippen LogP) is 3.30. The van der Waals surface area contributed by atoms with Crippen LogP contribution in [0, 0.1) is 11.8 Å². The molecule has 1 aromatic carbocycles. The van der Waals surface area contributed by atoms with Gasteiger partial charge in [0.05, 0.1) is 18.7 Å². The quantitative estimate of drug-likeness (QED) is 0.472. The molecule has 1 aliphatic heterocycles. The lowest BCUT2D eigenvalue weighted by molar-refractivity contribution is -0.153. The van der Waals surface area contributed by atoms with E-state index in [4.69, 9.17) is 26.8 Å². The Kier molecular flexibility index (Phi) is 7.49. The Balaban J connectivity index is 1.70. The number of sulfonamides is 1. The second-order valence-corrected chi connectivity index (χ2v) is 12.8. The number of nitrogens with zero attached hydrogens (tertiary/aromatic N) is 3. The molecular formula is C25H33ClN4O6S. The number of carbonyl (C=O) groups is 2. The molecule has 12 heteroatoms. The number of carbonyl (C=O) groups excluding carboxylic acids is 2. The second-order valence-electron chi connectivity index (χ2n) is 10.6. The Bertz CT molecular complexity index is 1300. The van der Waals surface area contributed by atoms with Crippen molar-refractivity contribution in [3.8, 4) is 5.75 Å². The number of esters is 1. The number of aromatic nitrogens is 2. The molecular weight excluding hydrogens is 520 g/mol. The van der Waals surface area contributed by atoms with E-state index in [2.05, 4.69) is 5.10 Å². The van der Waals surface area contributed by atoms with E-state index >= 15 is 0 Å². The van der Waals surface area contributed by atoms with Crippen molar-refractivity contribution in [3.63, 3.8) is 0 Å². The van der Waals surface area contributed by atoms with E-state index in [-0.39, 0.29) is 34.6 Å². The highest BCUT2D eigenvalue weighted by Crippen LogP contribution is 2.43. The molecule has 0 bridgehead atoms. The van der Waals surface area contributed by atoms with Crippen LogP contribution in [0.4, 0.5) is 5.69 Å². The summed E-state index contributed by atoms with van der Waals surface area (Å²) in [6.07, 6.45) is 2.88. The lowest BCUT2D eigenvalue weighted by atomic mass is 9.95. The lowest BCUT2D eigenvalue weighted by Gasteiger charge is -2.36. The minimum absolute atomic E-state index is 0.0399. The van der Waals surface area contributed by atoms with Gasteiger partial charge in [0.2, 0.25) is 5.91 Å². The van der Waals surface area contributed by atoms with Gasteiger partial charge in [0.1, 0.15) is 22.4 Å². The summed E-state index contributed by atoms with van der Waals surface area (Å²) in [5.74, 6) is -0.718. The SMILES string of the molecule is CCn1cc(S(=O)(=O)N2C[C@H](C[C@H](C(N)=O)C3CC3)Oc3ccc(CC(=O)OC(C)(C)C)cc32)c(Cl)n1. The molecule has 202 valence electrons. The first-order chi connectivity index (χ1) is 17.3. The Morgan fingerprint density at radius 3 is 2.57 bits per heavy atom. The average molecular weight is 553 g/mol. The van der Waals surface area contributed by atoms with E-state index < -0.39 is 39.5 Å². The fourth-order valence-electron chi connectivity index (χ4n) is 4.52. The highest BCUT2D eigenvalue weighted by molar-refractivity contribution is 7.93. The molecule has 0 saturated heterocycles. The van der Waals surface area contributed by atoms with Crippen molar-refractivity contribution >= 4 is 39.2 Å². The summed E-state index contributed by atoms with van der Waals surface area (Å²) >= 11 is 6.24. The zero-order chi connectivity index (χ0) is 27.1. The van der Waals surface area contributed by atoms with E-state index in [1.54, 1.807) is 39.0 Å². The predicted molar refractivity (Wildman–Crippen MR) is 138 cm³/mol. The summed E-state index contributed by atoms with van der Waals surface area (Å²) in [4.78, 5) is 24.4. The summed E-state index contributed by atoms with van der Waals surface area (Å²) < 4.78 is 42.0. The van der Waals surface area contributed by atoms with Crippen molar-refractivity contribution in [1.29, 1.82) is 0 Å². The molecule has 1 aliphatic carbocycles. The van der Waals surface area contributed by atoms with Crippen LogP contribution in [-0.4, -0.2) is 48.3 Å². The highest BCUT2D eigenvalue weighted by Gasteiger charge is 2.41. The normalized spacial score (nSPS) is 18.6. The van der Waals surface area contributed by atoms with Crippen LogP contribution >= 0.6 is 11.6 Å². The second kappa shape index (κ2) is 10.2. The van der Waals surface area contributed by atoms with E-state index in [0.29, 0.717) is 24.3 Å². The van der Waals surface area contributed by atoms with Gasteiger partial charge in [0, 0.05) is 18.7 Å². The van der Waals surface area contributed by atoms with Crippen molar-refractivity contribution in [3.05, 3.63) is 35.1 Å². The van der Waals surface area contributed by atoms with Crippen LogP contribution in [-0.2, 0) is 37.3 Å². The molecule has 2 heterocycles. The number of primary amides is 1. The van der Waals surface area contributed by atoms with Gasteiger partial charge in [-0.1, -0.05) is 17.7 Å². The van der Waals surface area contributed by atoms with Gasteiger partial charge in [0.15, 0.2) is 5.15 Å². The molecule has 0 radical (unpaired) electrons. The largest absolute Gasteiger partial charge is 0.486 e. The van der Waals surface area contributed by atoms with E-state index in [1.165, 1.54) is 15.2 Å². The molecule has 10 nitrogen and oxygen atoms in total. The van der Waals surface area contributed by atoms with Crippen LogP contribution in [0.25, 0.3) is 0 Å². The molecule has 1 aromatic heterocycles. The average Bonchev–Trinajstić information content (AvgIpc) is 3.55. The molecule has 0 unspecified atom stereocenters. The molecule has 2 atom stereocenters. The summed E-state index contributed by atoms with van der Waals surface area (Å²) in [6.45, 7) is 7.56. The first kappa shape index (κ1) is 27.3. The molecule has 2 aromatic rings. The van der Waals surface area contributed by atoms with Crippen LogP contribution in [0.5, 0.6) is 5.75 Å². The van der Waals surface area contributed by atoms with E-state index in [9.17, 15) is 18.0 Å². The van der Waals surface area contributed by atoms with Crippen LogP contribution in [0.2, 0.25) is 5.15 Å². The monoisotopic (exact) mass is 552 g/mol. The molecule has 1 amide bonds. The van der Waals surface area contributed by atoms with Gasteiger partial charge in [-0.25, -0.2) is 8.42 Å². The number of aryl methyl sites for hydroxylation is 1. The number of anilines is 1.